The quantitative estimate of drug-likeness (QED) is 0.392. The molecular formula is C16H26IN5OS. The standard InChI is InChI=1S/C16H25N5OS.HI/c1-11-12(2)23-15(20-11)10-19-16(17-3)18-9-13(21(4)5)14-7-6-8-22-14;/h6-8,13H,9-10H2,1-5H3,(H2,17,18,19);1H. The summed E-state index contributed by atoms with van der Waals surface area (Å²) in [5.41, 5.74) is 1.10. The van der Waals surface area contributed by atoms with Crippen LogP contribution in [0.2, 0.25) is 0 Å². The fourth-order valence-corrected chi connectivity index (χ4v) is 3.08. The smallest absolute Gasteiger partial charge is 0.191 e. The maximum atomic E-state index is 5.52. The van der Waals surface area contributed by atoms with Gasteiger partial charge in [-0.15, -0.1) is 35.3 Å². The molecule has 8 heteroatoms. The van der Waals surface area contributed by atoms with E-state index in [1.807, 2.05) is 33.2 Å². The lowest BCUT2D eigenvalue weighted by atomic mass is 10.2. The van der Waals surface area contributed by atoms with E-state index in [1.54, 1.807) is 24.6 Å². The van der Waals surface area contributed by atoms with E-state index in [4.69, 9.17) is 4.42 Å². The van der Waals surface area contributed by atoms with Gasteiger partial charge in [0.2, 0.25) is 0 Å². The van der Waals surface area contributed by atoms with Crippen molar-refractivity contribution in [2.75, 3.05) is 27.7 Å². The zero-order valence-electron chi connectivity index (χ0n) is 14.8. The summed E-state index contributed by atoms with van der Waals surface area (Å²) in [5, 5.41) is 7.72. The van der Waals surface area contributed by atoms with Crippen LogP contribution in [0.1, 0.15) is 27.4 Å². The molecule has 0 aromatic carbocycles. The van der Waals surface area contributed by atoms with E-state index in [2.05, 4.69) is 32.4 Å². The highest BCUT2D eigenvalue weighted by atomic mass is 127. The van der Waals surface area contributed by atoms with Gasteiger partial charge in [-0.25, -0.2) is 4.98 Å². The van der Waals surface area contributed by atoms with Gasteiger partial charge in [-0.3, -0.25) is 9.89 Å². The predicted molar refractivity (Wildman–Crippen MR) is 110 cm³/mol. The van der Waals surface area contributed by atoms with E-state index >= 15 is 0 Å². The lowest BCUT2D eigenvalue weighted by molar-refractivity contribution is 0.258. The van der Waals surface area contributed by atoms with E-state index in [0.717, 1.165) is 22.4 Å². The van der Waals surface area contributed by atoms with Crippen LogP contribution in [0.4, 0.5) is 0 Å². The number of guanidine groups is 1. The Kier molecular flexibility index (Phi) is 8.71. The number of nitrogens with one attached hydrogen (secondary N) is 2. The minimum absolute atomic E-state index is 0. The third-order valence-corrected chi connectivity index (χ3v) is 4.73. The van der Waals surface area contributed by atoms with Crippen LogP contribution < -0.4 is 10.6 Å². The fraction of sp³-hybridized carbons (Fsp3) is 0.500. The molecule has 2 rings (SSSR count). The number of hydrogen-bond donors (Lipinski definition) is 2. The molecule has 0 saturated carbocycles. The molecule has 0 aliphatic rings. The number of aryl methyl sites for hydroxylation is 2. The van der Waals surface area contributed by atoms with Gasteiger partial charge in [-0.05, 0) is 40.1 Å². The number of rotatable bonds is 6. The minimum Gasteiger partial charge on any atom is -0.468 e. The van der Waals surface area contributed by atoms with Crippen molar-refractivity contribution in [3.8, 4) is 0 Å². The Hall–Kier alpha value is -1.13. The monoisotopic (exact) mass is 463 g/mol. The zero-order valence-corrected chi connectivity index (χ0v) is 17.9. The first-order valence-electron chi connectivity index (χ1n) is 7.58. The molecule has 2 N–H and O–H groups in total. The third kappa shape index (κ3) is 5.75. The first-order chi connectivity index (χ1) is 11.0. The molecule has 134 valence electrons. The second kappa shape index (κ2) is 10.00. The van der Waals surface area contributed by atoms with Crippen molar-refractivity contribution in [3.05, 3.63) is 39.7 Å². The van der Waals surface area contributed by atoms with E-state index in [-0.39, 0.29) is 30.0 Å². The third-order valence-electron chi connectivity index (χ3n) is 3.66. The van der Waals surface area contributed by atoms with Crippen LogP contribution >= 0.6 is 35.3 Å². The number of likely N-dealkylation sites (N-methyl/N-ethyl adjacent to an activating group) is 1. The molecule has 0 aliphatic heterocycles. The number of thiazole rings is 1. The van der Waals surface area contributed by atoms with Gasteiger partial charge in [0.15, 0.2) is 5.96 Å². The molecule has 0 saturated heterocycles. The zero-order chi connectivity index (χ0) is 16.8. The highest BCUT2D eigenvalue weighted by Crippen LogP contribution is 2.18. The summed E-state index contributed by atoms with van der Waals surface area (Å²) in [5.74, 6) is 1.69. The molecule has 0 aliphatic carbocycles. The number of hydrogen-bond acceptors (Lipinski definition) is 5. The maximum absolute atomic E-state index is 5.52. The number of aliphatic imine (C=N–C) groups is 1. The Morgan fingerprint density at radius 3 is 2.62 bits per heavy atom. The molecule has 0 bridgehead atoms. The number of nitrogens with zero attached hydrogens (tertiary/aromatic N) is 3. The predicted octanol–water partition coefficient (Wildman–Crippen LogP) is 2.94. The molecule has 0 spiro atoms. The second-order valence-corrected chi connectivity index (χ2v) is 6.84. The van der Waals surface area contributed by atoms with Crippen molar-refractivity contribution in [3.63, 3.8) is 0 Å². The van der Waals surface area contributed by atoms with Gasteiger partial charge >= 0.3 is 0 Å². The lowest BCUT2D eigenvalue weighted by Gasteiger charge is -2.23. The summed E-state index contributed by atoms with van der Waals surface area (Å²) in [6.45, 7) is 5.50. The van der Waals surface area contributed by atoms with E-state index < -0.39 is 0 Å². The first-order valence-corrected chi connectivity index (χ1v) is 8.40. The Morgan fingerprint density at radius 2 is 2.12 bits per heavy atom. The van der Waals surface area contributed by atoms with Crippen molar-refractivity contribution in [1.29, 1.82) is 0 Å². The summed E-state index contributed by atoms with van der Waals surface area (Å²) in [6, 6.07) is 4.04. The van der Waals surface area contributed by atoms with E-state index in [1.165, 1.54) is 4.88 Å². The van der Waals surface area contributed by atoms with Crippen LogP contribution in [0.25, 0.3) is 0 Å². The molecule has 0 amide bonds. The SMILES string of the molecule is CN=C(NCc1nc(C)c(C)s1)NCC(c1ccco1)N(C)C.I. The van der Waals surface area contributed by atoms with E-state index in [0.29, 0.717) is 13.1 Å². The van der Waals surface area contributed by atoms with Crippen LogP contribution in [-0.4, -0.2) is 43.5 Å². The van der Waals surface area contributed by atoms with Crippen LogP contribution in [-0.2, 0) is 6.54 Å². The average molecular weight is 463 g/mol. The molecule has 1 unspecified atom stereocenters. The van der Waals surface area contributed by atoms with Crippen LogP contribution in [0, 0.1) is 13.8 Å². The Balaban J connectivity index is 0.00000288. The molecule has 2 aromatic rings. The molecule has 24 heavy (non-hydrogen) atoms. The van der Waals surface area contributed by atoms with Crippen molar-refractivity contribution in [2.45, 2.75) is 26.4 Å². The summed E-state index contributed by atoms with van der Waals surface area (Å²) in [6.07, 6.45) is 1.70. The van der Waals surface area contributed by atoms with Crippen LogP contribution in [0.15, 0.2) is 27.8 Å². The second-order valence-electron chi connectivity index (χ2n) is 5.55. The van der Waals surface area contributed by atoms with Gasteiger partial charge in [-0.1, -0.05) is 0 Å². The summed E-state index contributed by atoms with van der Waals surface area (Å²) in [7, 11) is 5.84. The number of halogens is 1. The minimum atomic E-state index is 0. The molecule has 0 fully saturated rings. The largest absolute Gasteiger partial charge is 0.468 e. The Labute approximate surface area is 164 Å². The summed E-state index contributed by atoms with van der Waals surface area (Å²) >= 11 is 1.71. The Morgan fingerprint density at radius 1 is 1.38 bits per heavy atom. The number of furan rings is 1. The fourth-order valence-electron chi connectivity index (χ4n) is 2.21. The van der Waals surface area contributed by atoms with Gasteiger partial charge in [0.1, 0.15) is 10.8 Å². The first kappa shape index (κ1) is 20.9. The molecule has 2 heterocycles. The maximum Gasteiger partial charge on any atom is 0.191 e. The summed E-state index contributed by atoms with van der Waals surface area (Å²) < 4.78 is 5.52. The average Bonchev–Trinajstić information content (AvgIpc) is 3.13. The van der Waals surface area contributed by atoms with Crippen molar-refractivity contribution >= 4 is 41.3 Å². The van der Waals surface area contributed by atoms with Crippen molar-refractivity contribution < 1.29 is 4.42 Å². The van der Waals surface area contributed by atoms with Gasteiger partial charge in [0.05, 0.1) is 24.5 Å². The normalized spacial score (nSPS) is 12.8. The highest BCUT2D eigenvalue weighted by molar-refractivity contribution is 14.0. The molecule has 1 atom stereocenters. The molecule has 6 nitrogen and oxygen atoms in total. The Bertz CT molecular complexity index is 619. The molecule has 2 aromatic heterocycles. The van der Waals surface area contributed by atoms with Crippen molar-refractivity contribution in [1.82, 2.24) is 20.5 Å². The van der Waals surface area contributed by atoms with Crippen molar-refractivity contribution in [2.24, 2.45) is 4.99 Å². The highest BCUT2D eigenvalue weighted by Gasteiger charge is 2.17. The molecule has 0 radical (unpaired) electrons. The van der Waals surface area contributed by atoms with E-state index in [9.17, 15) is 0 Å². The van der Waals surface area contributed by atoms with Gasteiger partial charge in [0.25, 0.3) is 0 Å². The topological polar surface area (TPSA) is 65.7 Å². The van der Waals surface area contributed by atoms with Gasteiger partial charge in [-0.2, -0.15) is 0 Å². The number of aromatic nitrogens is 1. The van der Waals surface area contributed by atoms with Crippen LogP contribution in [0.5, 0.6) is 0 Å². The summed E-state index contributed by atoms with van der Waals surface area (Å²) in [4.78, 5) is 12.2. The van der Waals surface area contributed by atoms with Gasteiger partial charge < -0.3 is 15.1 Å². The molecular weight excluding hydrogens is 437 g/mol. The van der Waals surface area contributed by atoms with Crippen LogP contribution in [0.3, 0.4) is 0 Å². The lowest BCUT2D eigenvalue weighted by Crippen LogP contribution is -2.41. The van der Waals surface area contributed by atoms with Gasteiger partial charge in [0, 0.05) is 18.5 Å².